The molecule has 20 heavy (non-hydrogen) atoms. The zero-order valence-corrected chi connectivity index (χ0v) is 11.9. The van der Waals surface area contributed by atoms with E-state index in [4.69, 9.17) is 5.84 Å². The van der Waals surface area contributed by atoms with Crippen LogP contribution in [0.25, 0.3) is 0 Å². The van der Waals surface area contributed by atoms with E-state index in [1.807, 2.05) is 0 Å². The molecule has 2 rings (SSSR count). The van der Waals surface area contributed by atoms with Crippen LogP contribution >= 0.6 is 15.9 Å². The smallest absolute Gasteiger partial charge is 0.129 e. The molecule has 0 aliphatic heterocycles. The van der Waals surface area contributed by atoms with Crippen LogP contribution in [-0.2, 0) is 6.42 Å². The Labute approximate surface area is 122 Å². The number of hydrazine groups is 1. The molecule has 106 valence electrons. The fourth-order valence-electron chi connectivity index (χ4n) is 1.96. The summed E-state index contributed by atoms with van der Waals surface area (Å²) in [4.78, 5) is 0. The number of benzene rings is 2. The van der Waals surface area contributed by atoms with Crippen LogP contribution in [0.15, 0.2) is 40.9 Å². The Morgan fingerprint density at radius 1 is 1.05 bits per heavy atom. The quantitative estimate of drug-likeness (QED) is 0.656. The molecule has 0 radical (unpaired) electrons. The molecule has 0 fully saturated rings. The van der Waals surface area contributed by atoms with Crippen molar-refractivity contribution in [1.29, 1.82) is 0 Å². The van der Waals surface area contributed by atoms with Crippen LogP contribution in [0.4, 0.5) is 13.2 Å². The minimum atomic E-state index is -0.652. The normalized spacial score (nSPS) is 12.4. The molecule has 2 nitrogen and oxygen atoms in total. The van der Waals surface area contributed by atoms with Crippen LogP contribution in [0.2, 0.25) is 0 Å². The minimum Gasteiger partial charge on any atom is -0.271 e. The molecule has 0 aliphatic carbocycles. The van der Waals surface area contributed by atoms with Gasteiger partial charge in [-0.15, -0.1) is 0 Å². The number of hydrogen-bond donors (Lipinski definition) is 2. The van der Waals surface area contributed by atoms with Crippen molar-refractivity contribution in [1.82, 2.24) is 5.43 Å². The maximum absolute atomic E-state index is 13.6. The molecule has 2 aromatic carbocycles. The van der Waals surface area contributed by atoms with Crippen molar-refractivity contribution in [2.75, 3.05) is 0 Å². The van der Waals surface area contributed by atoms with Crippen molar-refractivity contribution in [3.05, 3.63) is 69.4 Å². The van der Waals surface area contributed by atoms with Crippen LogP contribution in [0.3, 0.4) is 0 Å². The molecule has 0 bridgehead atoms. The second-order valence-corrected chi connectivity index (χ2v) is 5.28. The highest BCUT2D eigenvalue weighted by molar-refractivity contribution is 9.10. The van der Waals surface area contributed by atoms with E-state index in [0.717, 1.165) is 6.07 Å². The Morgan fingerprint density at radius 3 is 2.40 bits per heavy atom. The summed E-state index contributed by atoms with van der Waals surface area (Å²) >= 11 is 3.19. The van der Waals surface area contributed by atoms with Gasteiger partial charge in [-0.3, -0.25) is 11.3 Å². The van der Waals surface area contributed by atoms with Gasteiger partial charge >= 0.3 is 0 Å². The molecule has 0 heterocycles. The van der Waals surface area contributed by atoms with E-state index in [1.165, 1.54) is 24.3 Å². The van der Waals surface area contributed by atoms with Crippen LogP contribution in [0.1, 0.15) is 17.2 Å². The van der Waals surface area contributed by atoms with Crippen LogP contribution in [-0.4, -0.2) is 0 Å². The predicted octanol–water partition coefficient (Wildman–Crippen LogP) is 3.61. The lowest BCUT2D eigenvalue weighted by atomic mass is 9.99. The summed E-state index contributed by atoms with van der Waals surface area (Å²) in [5, 5.41) is 0. The van der Waals surface area contributed by atoms with E-state index in [2.05, 4.69) is 21.4 Å². The summed E-state index contributed by atoms with van der Waals surface area (Å²) in [6, 6.07) is 7.17. The fraction of sp³-hybridized carbons (Fsp3) is 0.143. The molecule has 0 aliphatic rings. The largest absolute Gasteiger partial charge is 0.271 e. The van der Waals surface area contributed by atoms with Gasteiger partial charge in [0.05, 0.1) is 6.04 Å². The zero-order chi connectivity index (χ0) is 14.7. The van der Waals surface area contributed by atoms with Crippen LogP contribution in [0.5, 0.6) is 0 Å². The molecule has 0 aromatic heterocycles. The Morgan fingerprint density at radius 2 is 1.80 bits per heavy atom. The highest BCUT2D eigenvalue weighted by Crippen LogP contribution is 2.24. The topological polar surface area (TPSA) is 38.0 Å². The Hall–Kier alpha value is -1.37. The van der Waals surface area contributed by atoms with E-state index >= 15 is 0 Å². The monoisotopic (exact) mass is 344 g/mol. The number of nitrogens with two attached hydrogens (primary N) is 1. The maximum atomic E-state index is 13.6. The Balaban J connectivity index is 2.28. The van der Waals surface area contributed by atoms with E-state index in [0.29, 0.717) is 15.6 Å². The van der Waals surface area contributed by atoms with Crippen molar-refractivity contribution in [2.24, 2.45) is 5.84 Å². The molecule has 6 heteroatoms. The van der Waals surface area contributed by atoms with Gasteiger partial charge in [-0.2, -0.15) is 0 Å². The first-order chi connectivity index (χ1) is 9.49. The van der Waals surface area contributed by atoms with Gasteiger partial charge in [0.1, 0.15) is 17.5 Å². The average molecular weight is 345 g/mol. The summed E-state index contributed by atoms with van der Waals surface area (Å²) < 4.78 is 40.4. The lowest BCUT2D eigenvalue weighted by molar-refractivity contribution is 0.518. The SMILES string of the molecule is NNC(Cc1ccc(F)cc1F)c1cc(F)cc(Br)c1. The van der Waals surface area contributed by atoms with Gasteiger partial charge in [-0.1, -0.05) is 22.0 Å². The van der Waals surface area contributed by atoms with Crippen molar-refractivity contribution in [3.63, 3.8) is 0 Å². The minimum absolute atomic E-state index is 0.179. The molecule has 0 amide bonds. The first-order valence-electron chi connectivity index (χ1n) is 5.85. The summed E-state index contributed by atoms with van der Waals surface area (Å²) in [5.41, 5.74) is 3.39. The fourth-order valence-corrected chi connectivity index (χ4v) is 2.44. The third-order valence-corrected chi connectivity index (χ3v) is 3.39. The molecule has 0 saturated heterocycles. The molecule has 1 atom stereocenters. The van der Waals surface area contributed by atoms with E-state index in [-0.39, 0.29) is 6.42 Å². The molecule has 0 spiro atoms. The first kappa shape index (κ1) is 15.0. The third kappa shape index (κ3) is 3.59. The second kappa shape index (κ2) is 6.39. The standard InChI is InChI=1S/C14H12BrF3N2/c15-10-3-9(4-12(17)6-10)14(20-19)5-8-1-2-11(16)7-13(8)18/h1-4,6-7,14,20H,5,19H2. The van der Waals surface area contributed by atoms with Crippen LogP contribution in [0, 0.1) is 17.5 Å². The highest BCUT2D eigenvalue weighted by Gasteiger charge is 2.15. The van der Waals surface area contributed by atoms with E-state index < -0.39 is 23.5 Å². The molecular weight excluding hydrogens is 333 g/mol. The van der Waals surface area contributed by atoms with E-state index in [1.54, 1.807) is 6.07 Å². The summed E-state index contributed by atoms with van der Waals surface area (Å²) in [6.07, 6.45) is 0.179. The first-order valence-corrected chi connectivity index (χ1v) is 6.65. The number of halogens is 4. The molecular formula is C14H12BrF3N2. The van der Waals surface area contributed by atoms with Crippen molar-refractivity contribution >= 4 is 15.9 Å². The molecule has 2 aromatic rings. The second-order valence-electron chi connectivity index (χ2n) is 4.36. The lowest BCUT2D eigenvalue weighted by Gasteiger charge is -2.17. The van der Waals surface area contributed by atoms with Gasteiger partial charge in [0.15, 0.2) is 0 Å². The third-order valence-electron chi connectivity index (χ3n) is 2.93. The van der Waals surface area contributed by atoms with Crippen molar-refractivity contribution in [2.45, 2.75) is 12.5 Å². The average Bonchev–Trinajstić information content (AvgIpc) is 2.36. The molecule has 1 unspecified atom stereocenters. The van der Waals surface area contributed by atoms with Gasteiger partial charge in [0.25, 0.3) is 0 Å². The number of rotatable bonds is 4. The molecule has 0 saturated carbocycles. The van der Waals surface area contributed by atoms with Gasteiger partial charge in [-0.25, -0.2) is 13.2 Å². The van der Waals surface area contributed by atoms with Crippen molar-refractivity contribution in [3.8, 4) is 0 Å². The Bertz CT molecular complexity index is 599. The van der Waals surface area contributed by atoms with Crippen LogP contribution < -0.4 is 11.3 Å². The predicted molar refractivity (Wildman–Crippen MR) is 74.2 cm³/mol. The van der Waals surface area contributed by atoms with E-state index in [9.17, 15) is 13.2 Å². The van der Waals surface area contributed by atoms with Gasteiger partial charge in [0.2, 0.25) is 0 Å². The van der Waals surface area contributed by atoms with Gasteiger partial charge in [0, 0.05) is 10.5 Å². The van der Waals surface area contributed by atoms with Gasteiger partial charge in [-0.05, 0) is 41.8 Å². The summed E-state index contributed by atoms with van der Waals surface area (Å²) in [7, 11) is 0. The lowest BCUT2D eigenvalue weighted by Crippen LogP contribution is -2.30. The van der Waals surface area contributed by atoms with Crippen molar-refractivity contribution < 1.29 is 13.2 Å². The highest BCUT2D eigenvalue weighted by atomic mass is 79.9. The Kier molecular flexibility index (Phi) is 4.80. The maximum Gasteiger partial charge on any atom is 0.129 e. The zero-order valence-electron chi connectivity index (χ0n) is 10.3. The number of nitrogens with one attached hydrogen (secondary N) is 1. The molecule has 3 N–H and O–H groups in total. The summed E-state index contributed by atoms with van der Waals surface area (Å²) in [6.45, 7) is 0. The number of hydrogen-bond acceptors (Lipinski definition) is 2. The van der Waals surface area contributed by atoms with Gasteiger partial charge < -0.3 is 0 Å². The summed E-state index contributed by atoms with van der Waals surface area (Å²) in [5.74, 6) is 3.73.